The molecule has 1 saturated carbocycles. The highest BCUT2D eigenvalue weighted by molar-refractivity contribution is 5.07. The van der Waals surface area contributed by atoms with E-state index in [1.54, 1.807) is 12.4 Å². The van der Waals surface area contributed by atoms with E-state index >= 15 is 0 Å². The van der Waals surface area contributed by atoms with Gasteiger partial charge in [0.05, 0.1) is 18.1 Å². The monoisotopic (exact) mass is 221 g/mol. The van der Waals surface area contributed by atoms with E-state index in [2.05, 4.69) is 22.2 Å². The molecule has 16 heavy (non-hydrogen) atoms. The lowest BCUT2D eigenvalue weighted by Gasteiger charge is -2.11. The van der Waals surface area contributed by atoms with Crippen molar-refractivity contribution in [3.05, 3.63) is 18.1 Å². The number of aromatic nitrogens is 2. The Hall–Kier alpha value is -1.16. The minimum Gasteiger partial charge on any atom is -0.473 e. The Morgan fingerprint density at radius 3 is 2.75 bits per heavy atom. The van der Waals surface area contributed by atoms with Crippen LogP contribution in [0.3, 0.4) is 0 Å². The Kier molecular flexibility index (Phi) is 4.10. The van der Waals surface area contributed by atoms with Crippen LogP contribution in [0.2, 0.25) is 0 Å². The van der Waals surface area contributed by atoms with E-state index in [-0.39, 0.29) is 0 Å². The van der Waals surface area contributed by atoms with Crippen molar-refractivity contribution in [1.82, 2.24) is 15.3 Å². The lowest BCUT2D eigenvalue weighted by atomic mass is 10.3. The Morgan fingerprint density at radius 1 is 1.31 bits per heavy atom. The molecule has 1 aliphatic carbocycles. The van der Waals surface area contributed by atoms with Gasteiger partial charge in [0, 0.05) is 6.54 Å². The summed E-state index contributed by atoms with van der Waals surface area (Å²) < 4.78 is 5.74. The zero-order valence-corrected chi connectivity index (χ0v) is 9.78. The zero-order chi connectivity index (χ0) is 11.2. The van der Waals surface area contributed by atoms with E-state index in [0.29, 0.717) is 12.0 Å². The van der Waals surface area contributed by atoms with Gasteiger partial charge in [-0.15, -0.1) is 0 Å². The van der Waals surface area contributed by atoms with Crippen molar-refractivity contribution in [2.75, 3.05) is 6.54 Å². The summed E-state index contributed by atoms with van der Waals surface area (Å²) in [5.74, 6) is 0.659. The molecule has 1 N–H and O–H groups in total. The SMILES string of the molecule is CCNCc1cnc(OC2CCCC2)cn1. The lowest BCUT2D eigenvalue weighted by molar-refractivity contribution is 0.200. The van der Waals surface area contributed by atoms with Crippen LogP contribution >= 0.6 is 0 Å². The Bertz CT molecular complexity index is 307. The van der Waals surface area contributed by atoms with Crippen LogP contribution in [0, 0.1) is 0 Å². The molecule has 0 atom stereocenters. The molecule has 4 heteroatoms. The minimum atomic E-state index is 0.355. The Balaban J connectivity index is 1.86. The zero-order valence-electron chi connectivity index (χ0n) is 9.78. The molecular weight excluding hydrogens is 202 g/mol. The third kappa shape index (κ3) is 3.17. The van der Waals surface area contributed by atoms with Gasteiger partial charge in [-0.2, -0.15) is 0 Å². The van der Waals surface area contributed by atoms with E-state index < -0.39 is 0 Å². The van der Waals surface area contributed by atoms with Gasteiger partial charge >= 0.3 is 0 Å². The van der Waals surface area contributed by atoms with Gasteiger partial charge in [0.25, 0.3) is 0 Å². The second-order valence-corrected chi connectivity index (χ2v) is 4.15. The number of nitrogens with one attached hydrogen (secondary N) is 1. The lowest BCUT2D eigenvalue weighted by Crippen LogP contribution is -2.14. The predicted molar refractivity (Wildman–Crippen MR) is 62.3 cm³/mol. The molecule has 0 aliphatic heterocycles. The van der Waals surface area contributed by atoms with E-state index in [9.17, 15) is 0 Å². The molecule has 1 fully saturated rings. The van der Waals surface area contributed by atoms with Crippen molar-refractivity contribution in [2.45, 2.75) is 45.3 Å². The van der Waals surface area contributed by atoms with Crippen LogP contribution in [0.5, 0.6) is 5.88 Å². The van der Waals surface area contributed by atoms with Crippen LogP contribution in [-0.2, 0) is 6.54 Å². The third-order valence-electron chi connectivity index (χ3n) is 2.83. The smallest absolute Gasteiger partial charge is 0.232 e. The highest BCUT2D eigenvalue weighted by Crippen LogP contribution is 2.22. The summed E-state index contributed by atoms with van der Waals surface area (Å²) in [5, 5.41) is 3.21. The molecule has 0 amide bonds. The molecular formula is C12H19N3O. The van der Waals surface area contributed by atoms with Gasteiger partial charge in [-0.25, -0.2) is 4.98 Å². The molecule has 0 spiro atoms. The molecule has 0 aromatic carbocycles. The first kappa shape index (κ1) is 11.3. The van der Waals surface area contributed by atoms with Gasteiger partial charge in [-0.3, -0.25) is 4.98 Å². The molecule has 1 aromatic rings. The highest BCUT2D eigenvalue weighted by atomic mass is 16.5. The first-order valence-corrected chi connectivity index (χ1v) is 6.07. The summed E-state index contributed by atoms with van der Waals surface area (Å²) in [7, 11) is 0. The van der Waals surface area contributed by atoms with E-state index in [1.807, 2.05) is 0 Å². The molecule has 2 rings (SSSR count). The Morgan fingerprint density at radius 2 is 2.12 bits per heavy atom. The number of nitrogens with zero attached hydrogens (tertiary/aromatic N) is 2. The maximum Gasteiger partial charge on any atom is 0.232 e. The molecule has 1 aromatic heterocycles. The number of hydrogen-bond acceptors (Lipinski definition) is 4. The molecule has 4 nitrogen and oxygen atoms in total. The van der Waals surface area contributed by atoms with Gasteiger partial charge in [0.1, 0.15) is 6.10 Å². The quantitative estimate of drug-likeness (QED) is 0.825. The molecule has 0 unspecified atom stereocenters. The molecule has 0 saturated heterocycles. The number of rotatable bonds is 5. The van der Waals surface area contributed by atoms with Gasteiger partial charge in [-0.05, 0) is 32.2 Å². The van der Waals surface area contributed by atoms with Crippen LogP contribution in [0.25, 0.3) is 0 Å². The average molecular weight is 221 g/mol. The van der Waals surface area contributed by atoms with Gasteiger partial charge < -0.3 is 10.1 Å². The molecule has 0 radical (unpaired) electrons. The summed E-state index contributed by atoms with van der Waals surface area (Å²) >= 11 is 0. The number of hydrogen-bond donors (Lipinski definition) is 1. The molecule has 0 bridgehead atoms. The molecule has 88 valence electrons. The van der Waals surface area contributed by atoms with E-state index in [0.717, 1.165) is 31.6 Å². The summed E-state index contributed by atoms with van der Waals surface area (Å²) in [4.78, 5) is 8.58. The summed E-state index contributed by atoms with van der Waals surface area (Å²) in [6.45, 7) is 3.79. The molecule has 1 heterocycles. The molecule has 1 aliphatic rings. The normalized spacial score (nSPS) is 16.6. The van der Waals surface area contributed by atoms with Crippen molar-refractivity contribution < 1.29 is 4.74 Å². The van der Waals surface area contributed by atoms with Crippen LogP contribution in [-0.4, -0.2) is 22.6 Å². The van der Waals surface area contributed by atoms with Gasteiger partial charge in [0.15, 0.2) is 0 Å². The van der Waals surface area contributed by atoms with Crippen LogP contribution in [0.4, 0.5) is 0 Å². The van der Waals surface area contributed by atoms with Crippen molar-refractivity contribution >= 4 is 0 Å². The fourth-order valence-electron chi connectivity index (χ4n) is 1.93. The topological polar surface area (TPSA) is 47.0 Å². The fraction of sp³-hybridized carbons (Fsp3) is 0.667. The second kappa shape index (κ2) is 5.80. The van der Waals surface area contributed by atoms with E-state index in [1.165, 1.54) is 12.8 Å². The summed E-state index contributed by atoms with van der Waals surface area (Å²) in [6.07, 6.45) is 8.72. The first-order valence-electron chi connectivity index (χ1n) is 6.07. The van der Waals surface area contributed by atoms with Crippen molar-refractivity contribution in [3.63, 3.8) is 0 Å². The minimum absolute atomic E-state index is 0.355. The third-order valence-corrected chi connectivity index (χ3v) is 2.83. The highest BCUT2D eigenvalue weighted by Gasteiger charge is 2.16. The average Bonchev–Trinajstić information content (AvgIpc) is 2.81. The predicted octanol–water partition coefficient (Wildman–Crippen LogP) is 1.91. The van der Waals surface area contributed by atoms with Crippen LogP contribution in [0.15, 0.2) is 12.4 Å². The van der Waals surface area contributed by atoms with Gasteiger partial charge in [-0.1, -0.05) is 6.92 Å². The summed E-state index contributed by atoms with van der Waals surface area (Å²) in [6, 6.07) is 0. The van der Waals surface area contributed by atoms with Crippen molar-refractivity contribution in [1.29, 1.82) is 0 Å². The van der Waals surface area contributed by atoms with Crippen LogP contribution < -0.4 is 10.1 Å². The second-order valence-electron chi connectivity index (χ2n) is 4.15. The van der Waals surface area contributed by atoms with Crippen molar-refractivity contribution in [3.8, 4) is 5.88 Å². The standard InChI is InChI=1S/C12H19N3O/c1-2-13-7-10-8-15-12(9-14-10)16-11-5-3-4-6-11/h8-9,11,13H,2-7H2,1H3. The number of ether oxygens (including phenoxy) is 1. The maximum absolute atomic E-state index is 5.74. The van der Waals surface area contributed by atoms with E-state index in [4.69, 9.17) is 4.74 Å². The van der Waals surface area contributed by atoms with Gasteiger partial charge in [0.2, 0.25) is 5.88 Å². The van der Waals surface area contributed by atoms with Crippen molar-refractivity contribution in [2.24, 2.45) is 0 Å². The maximum atomic E-state index is 5.74. The van der Waals surface area contributed by atoms with Crippen LogP contribution in [0.1, 0.15) is 38.3 Å². The first-order chi connectivity index (χ1) is 7.88. The Labute approximate surface area is 96.4 Å². The summed E-state index contributed by atoms with van der Waals surface area (Å²) in [5.41, 5.74) is 0.959. The fourth-order valence-corrected chi connectivity index (χ4v) is 1.93. The largest absolute Gasteiger partial charge is 0.473 e.